The molecule has 3 amide bonds. The average Bonchev–Trinajstić information content (AvgIpc) is 3.23. The topological polar surface area (TPSA) is 66.9 Å². The lowest BCUT2D eigenvalue weighted by Gasteiger charge is -2.29. The molecule has 0 radical (unpaired) electrons. The summed E-state index contributed by atoms with van der Waals surface area (Å²) in [5, 5.41) is 1.91. The van der Waals surface area contributed by atoms with Crippen LogP contribution in [0.4, 0.5) is 4.79 Å². The zero-order valence-electron chi connectivity index (χ0n) is 21.2. The Morgan fingerprint density at radius 2 is 1.62 bits per heavy atom. The van der Waals surface area contributed by atoms with E-state index in [9.17, 15) is 14.4 Å². The van der Waals surface area contributed by atoms with Crippen LogP contribution >= 0.6 is 11.8 Å². The summed E-state index contributed by atoms with van der Waals surface area (Å²) in [5.74, 6) is 0.0506. The van der Waals surface area contributed by atoms with Gasteiger partial charge in [0, 0.05) is 13.1 Å². The Morgan fingerprint density at radius 3 is 2.46 bits per heavy atom. The molecule has 1 fully saturated rings. The smallest absolute Gasteiger partial charge is 0.294 e. The van der Waals surface area contributed by atoms with Crippen molar-refractivity contribution in [1.29, 1.82) is 0 Å². The van der Waals surface area contributed by atoms with Gasteiger partial charge >= 0.3 is 0 Å². The van der Waals surface area contributed by atoms with Crippen LogP contribution in [0.15, 0.2) is 95.9 Å². The Bertz CT molecular complexity index is 1610. The van der Waals surface area contributed by atoms with Crippen LogP contribution in [-0.2, 0) is 29.2 Å². The van der Waals surface area contributed by atoms with Crippen LogP contribution < -0.4 is 4.74 Å². The molecule has 0 aliphatic carbocycles. The van der Waals surface area contributed by atoms with E-state index >= 15 is 0 Å². The molecule has 0 bridgehead atoms. The summed E-state index contributed by atoms with van der Waals surface area (Å²) < 4.78 is 6.01. The van der Waals surface area contributed by atoms with Crippen molar-refractivity contribution in [3.05, 3.63) is 118 Å². The molecule has 7 heteroatoms. The van der Waals surface area contributed by atoms with Crippen molar-refractivity contribution in [3.8, 4) is 5.75 Å². The molecule has 0 unspecified atom stereocenters. The summed E-state index contributed by atoms with van der Waals surface area (Å²) in [4.78, 5) is 41.6. The summed E-state index contributed by atoms with van der Waals surface area (Å²) in [6.45, 7) is 1.27. The highest BCUT2D eigenvalue weighted by Gasteiger charge is 2.37. The van der Waals surface area contributed by atoms with Gasteiger partial charge in [-0.1, -0.05) is 78.9 Å². The maximum atomic E-state index is 13.0. The van der Waals surface area contributed by atoms with E-state index < -0.39 is 11.1 Å². The minimum absolute atomic E-state index is 0.222. The Balaban J connectivity index is 1.08. The number of rotatable bonds is 6. The lowest BCUT2D eigenvalue weighted by atomic mass is 10.00. The second-order valence-electron chi connectivity index (χ2n) is 9.60. The number of imide groups is 1. The molecule has 4 aromatic carbocycles. The fraction of sp³-hybridized carbons (Fsp3) is 0.156. The molecule has 6 nitrogen and oxygen atoms in total. The van der Waals surface area contributed by atoms with Crippen molar-refractivity contribution in [2.24, 2.45) is 0 Å². The van der Waals surface area contributed by atoms with Crippen LogP contribution in [0, 0.1) is 0 Å². The zero-order chi connectivity index (χ0) is 26.8. The number of ether oxygens (including phenoxy) is 1. The van der Waals surface area contributed by atoms with Crippen LogP contribution in [0.1, 0.15) is 22.3 Å². The van der Waals surface area contributed by atoms with Crippen molar-refractivity contribution in [3.63, 3.8) is 0 Å². The lowest BCUT2D eigenvalue weighted by Crippen LogP contribution is -2.44. The van der Waals surface area contributed by atoms with Crippen LogP contribution in [0.3, 0.4) is 0 Å². The first-order valence-electron chi connectivity index (χ1n) is 12.8. The Kier molecular flexibility index (Phi) is 6.90. The maximum Gasteiger partial charge on any atom is 0.294 e. The number of carbonyl (C=O) groups excluding carboxylic acids is 3. The molecular weight excluding hydrogens is 508 g/mol. The molecule has 2 heterocycles. The minimum Gasteiger partial charge on any atom is -0.489 e. The Labute approximate surface area is 230 Å². The molecule has 0 N–H and O–H groups in total. The third-order valence-corrected chi connectivity index (χ3v) is 8.01. The fourth-order valence-electron chi connectivity index (χ4n) is 4.97. The molecule has 0 spiro atoms. The lowest BCUT2D eigenvalue weighted by molar-refractivity contribution is -0.136. The molecule has 0 atom stereocenters. The number of benzene rings is 4. The highest BCUT2D eigenvalue weighted by Crippen LogP contribution is 2.33. The predicted octanol–water partition coefficient (Wildman–Crippen LogP) is 6.04. The van der Waals surface area contributed by atoms with Gasteiger partial charge in [-0.15, -0.1) is 0 Å². The highest BCUT2D eigenvalue weighted by molar-refractivity contribution is 8.18. The number of hydrogen-bond acceptors (Lipinski definition) is 5. The monoisotopic (exact) mass is 534 g/mol. The third-order valence-electron chi connectivity index (χ3n) is 7.10. The summed E-state index contributed by atoms with van der Waals surface area (Å²) in [7, 11) is 0. The number of thioether (sulfide) groups is 1. The van der Waals surface area contributed by atoms with E-state index in [2.05, 4.69) is 30.3 Å². The van der Waals surface area contributed by atoms with E-state index in [1.807, 2.05) is 60.7 Å². The first-order chi connectivity index (χ1) is 19.0. The van der Waals surface area contributed by atoms with Gasteiger partial charge in [0.25, 0.3) is 11.1 Å². The average molecular weight is 535 g/mol. The van der Waals surface area contributed by atoms with Crippen molar-refractivity contribution in [2.45, 2.75) is 19.6 Å². The van der Waals surface area contributed by atoms with E-state index in [0.717, 1.165) is 45.2 Å². The van der Waals surface area contributed by atoms with Crippen molar-refractivity contribution >= 4 is 45.7 Å². The molecule has 1 saturated heterocycles. The fourth-order valence-corrected chi connectivity index (χ4v) is 5.81. The first-order valence-corrected chi connectivity index (χ1v) is 13.7. The quantitative estimate of drug-likeness (QED) is 0.282. The van der Waals surface area contributed by atoms with Crippen LogP contribution in [0.2, 0.25) is 0 Å². The number of carbonyl (C=O) groups is 3. The summed E-state index contributed by atoms with van der Waals surface area (Å²) in [6, 6.07) is 29.8. The Hall–Kier alpha value is -4.36. The summed E-state index contributed by atoms with van der Waals surface area (Å²) in [5.41, 5.74) is 4.22. The van der Waals surface area contributed by atoms with Gasteiger partial charge in [-0.3, -0.25) is 19.3 Å². The van der Waals surface area contributed by atoms with E-state index in [0.29, 0.717) is 30.4 Å². The minimum atomic E-state index is -0.438. The second kappa shape index (κ2) is 10.8. The van der Waals surface area contributed by atoms with Crippen molar-refractivity contribution in [1.82, 2.24) is 9.80 Å². The molecule has 39 heavy (non-hydrogen) atoms. The molecule has 2 aliphatic heterocycles. The largest absolute Gasteiger partial charge is 0.489 e. The number of amides is 3. The molecule has 0 aromatic heterocycles. The van der Waals surface area contributed by atoms with Gasteiger partial charge < -0.3 is 9.64 Å². The highest BCUT2D eigenvalue weighted by atomic mass is 32.2. The van der Waals surface area contributed by atoms with Gasteiger partial charge in [0.15, 0.2) is 0 Å². The molecule has 2 aliphatic rings. The van der Waals surface area contributed by atoms with E-state index in [-0.39, 0.29) is 12.5 Å². The van der Waals surface area contributed by atoms with Crippen LogP contribution in [0.25, 0.3) is 16.8 Å². The van der Waals surface area contributed by atoms with Crippen molar-refractivity contribution in [2.75, 3.05) is 13.1 Å². The summed E-state index contributed by atoms with van der Waals surface area (Å²) in [6.07, 6.45) is 2.45. The molecule has 4 aromatic rings. The van der Waals surface area contributed by atoms with Gasteiger partial charge in [-0.05, 0) is 69.4 Å². The number of nitrogens with zero attached hydrogens (tertiary/aromatic N) is 2. The van der Waals surface area contributed by atoms with E-state index in [1.165, 1.54) is 10.9 Å². The maximum absolute atomic E-state index is 13.0. The predicted molar refractivity (Wildman–Crippen MR) is 153 cm³/mol. The van der Waals surface area contributed by atoms with Gasteiger partial charge in [-0.2, -0.15) is 0 Å². The van der Waals surface area contributed by atoms with Gasteiger partial charge in [-0.25, -0.2) is 0 Å². The normalized spacial score (nSPS) is 16.2. The van der Waals surface area contributed by atoms with Crippen molar-refractivity contribution < 1.29 is 19.1 Å². The number of fused-ring (bicyclic) bond motifs is 2. The SMILES string of the molecule is O=C(CN1C(=O)S/C(=C/c2ccc(OCc3cccc4ccccc34)cc2)C1=O)N1CCc2ccccc2C1. The van der Waals surface area contributed by atoms with E-state index in [4.69, 9.17) is 4.74 Å². The van der Waals surface area contributed by atoms with Gasteiger partial charge in [0.05, 0.1) is 4.91 Å². The summed E-state index contributed by atoms with van der Waals surface area (Å²) >= 11 is 0.863. The van der Waals surface area contributed by atoms with E-state index in [1.54, 1.807) is 11.0 Å². The number of hydrogen-bond donors (Lipinski definition) is 0. The molecule has 6 rings (SSSR count). The van der Waals surface area contributed by atoms with Crippen LogP contribution in [0.5, 0.6) is 5.75 Å². The van der Waals surface area contributed by atoms with Gasteiger partial charge in [0.1, 0.15) is 18.9 Å². The second-order valence-corrected chi connectivity index (χ2v) is 10.6. The third kappa shape index (κ3) is 5.31. The Morgan fingerprint density at radius 1 is 0.872 bits per heavy atom. The standard InChI is InChI=1S/C32H26N2O4S/c35-30(33-17-16-23-6-1-2-8-25(23)19-33)20-34-31(36)29(39-32(34)37)18-22-12-14-27(15-13-22)38-21-26-10-5-9-24-7-3-4-11-28(24)26/h1-15,18H,16-17,19-21H2/b29-18+. The zero-order valence-corrected chi connectivity index (χ0v) is 22.0. The molecular formula is C32H26N2O4S. The van der Waals surface area contributed by atoms with Crippen LogP contribution in [-0.4, -0.2) is 39.9 Å². The molecule has 0 saturated carbocycles. The molecule has 194 valence electrons. The van der Waals surface area contributed by atoms with Gasteiger partial charge in [0.2, 0.25) is 5.91 Å². The first kappa shape index (κ1) is 24.9.